The second-order valence-corrected chi connectivity index (χ2v) is 5.75. The fourth-order valence-electron chi connectivity index (χ4n) is 2.46. The topological polar surface area (TPSA) is 41.1 Å². The van der Waals surface area contributed by atoms with Gasteiger partial charge < -0.3 is 10.6 Å². The molecule has 2 N–H and O–H groups in total. The van der Waals surface area contributed by atoms with Gasteiger partial charge in [-0.05, 0) is 36.1 Å². The largest absolute Gasteiger partial charge is 0.326 e. The number of anilines is 1. The minimum Gasteiger partial charge on any atom is -0.326 e. The molecule has 0 bridgehead atoms. The fourth-order valence-corrected chi connectivity index (χ4v) is 2.46. The quantitative estimate of drug-likeness (QED) is 0.842. The third-order valence-electron chi connectivity index (χ3n) is 3.81. The Bertz CT molecular complexity index is 610. The van der Waals surface area contributed by atoms with Crippen molar-refractivity contribution < 1.29 is 4.79 Å². The van der Waals surface area contributed by atoms with E-state index in [0.29, 0.717) is 5.92 Å². The van der Waals surface area contributed by atoms with E-state index in [2.05, 4.69) is 54.8 Å². The van der Waals surface area contributed by atoms with Crippen molar-refractivity contribution in [2.45, 2.75) is 32.7 Å². The Labute approximate surface area is 132 Å². The maximum absolute atomic E-state index is 11.1. The number of benzene rings is 2. The van der Waals surface area contributed by atoms with E-state index in [1.54, 1.807) is 0 Å². The van der Waals surface area contributed by atoms with E-state index in [0.717, 1.165) is 12.2 Å². The van der Waals surface area contributed by atoms with E-state index in [4.69, 9.17) is 0 Å². The Balaban J connectivity index is 1.94. The van der Waals surface area contributed by atoms with E-state index >= 15 is 0 Å². The van der Waals surface area contributed by atoms with E-state index in [-0.39, 0.29) is 11.9 Å². The van der Waals surface area contributed by atoms with Crippen LogP contribution in [-0.2, 0) is 4.79 Å². The van der Waals surface area contributed by atoms with Crippen molar-refractivity contribution in [3.8, 4) is 0 Å². The highest BCUT2D eigenvalue weighted by molar-refractivity contribution is 5.88. The average molecular weight is 296 g/mol. The Morgan fingerprint density at radius 3 is 2.36 bits per heavy atom. The lowest BCUT2D eigenvalue weighted by atomic mass is 10.0. The molecule has 0 aliphatic heterocycles. The van der Waals surface area contributed by atoms with Crippen LogP contribution in [-0.4, -0.2) is 12.5 Å². The predicted molar refractivity (Wildman–Crippen MR) is 92.0 cm³/mol. The molecular weight excluding hydrogens is 272 g/mol. The van der Waals surface area contributed by atoms with Gasteiger partial charge in [0.25, 0.3) is 0 Å². The van der Waals surface area contributed by atoms with Crippen LogP contribution in [0.1, 0.15) is 43.9 Å². The molecule has 0 saturated heterocycles. The highest BCUT2D eigenvalue weighted by atomic mass is 16.1. The summed E-state index contributed by atoms with van der Waals surface area (Å²) in [4.78, 5) is 11.1. The first-order valence-electron chi connectivity index (χ1n) is 7.72. The molecule has 2 aromatic rings. The molecule has 0 aromatic heterocycles. The molecular formula is C19H24N2O. The molecule has 2 rings (SSSR count). The van der Waals surface area contributed by atoms with Crippen molar-refractivity contribution >= 4 is 11.6 Å². The first kappa shape index (κ1) is 16.2. The van der Waals surface area contributed by atoms with Crippen molar-refractivity contribution in [1.29, 1.82) is 0 Å². The number of nitrogens with one attached hydrogen (secondary N) is 2. The number of hydrogen-bond acceptors (Lipinski definition) is 2. The SMILES string of the molecule is CC(=O)Nc1cccc(C(C)NCC(C)c2ccccc2)c1. The lowest BCUT2D eigenvalue weighted by Gasteiger charge is -2.19. The Hall–Kier alpha value is -2.13. The summed E-state index contributed by atoms with van der Waals surface area (Å²) in [5.74, 6) is 0.414. The van der Waals surface area contributed by atoms with E-state index in [1.165, 1.54) is 18.1 Å². The van der Waals surface area contributed by atoms with Crippen molar-refractivity contribution in [3.05, 3.63) is 65.7 Å². The highest BCUT2D eigenvalue weighted by Crippen LogP contribution is 2.19. The molecule has 0 radical (unpaired) electrons. The molecule has 116 valence electrons. The van der Waals surface area contributed by atoms with Gasteiger partial charge in [-0.3, -0.25) is 4.79 Å². The summed E-state index contributed by atoms with van der Waals surface area (Å²) in [7, 11) is 0. The molecule has 2 atom stereocenters. The minimum atomic E-state index is -0.0459. The summed E-state index contributed by atoms with van der Waals surface area (Å²) in [5, 5.41) is 6.39. The molecule has 2 unspecified atom stereocenters. The average Bonchev–Trinajstić information content (AvgIpc) is 2.52. The molecule has 2 aromatic carbocycles. The maximum atomic E-state index is 11.1. The second-order valence-electron chi connectivity index (χ2n) is 5.75. The van der Waals surface area contributed by atoms with Crippen LogP contribution in [0.5, 0.6) is 0 Å². The van der Waals surface area contributed by atoms with Crippen molar-refractivity contribution in [3.63, 3.8) is 0 Å². The molecule has 3 nitrogen and oxygen atoms in total. The fraction of sp³-hybridized carbons (Fsp3) is 0.316. The van der Waals surface area contributed by atoms with Gasteiger partial charge in [0.15, 0.2) is 0 Å². The molecule has 1 amide bonds. The van der Waals surface area contributed by atoms with Crippen LogP contribution in [0.4, 0.5) is 5.69 Å². The standard InChI is InChI=1S/C19H24N2O/c1-14(17-8-5-4-6-9-17)13-20-15(2)18-10-7-11-19(12-18)21-16(3)22/h4-12,14-15,20H,13H2,1-3H3,(H,21,22). The predicted octanol–water partition coefficient (Wildman–Crippen LogP) is 4.10. The van der Waals surface area contributed by atoms with Crippen LogP contribution in [0, 0.1) is 0 Å². The maximum Gasteiger partial charge on any atom is 0.221 e. The van der Waals surface area contributed by atoms with Crippen LogP contribution in [0.25, 0.3) is 0 Å². The van der Waals surface area contributed by atoms with Crippen LogP contribution in [0.3, 0.4) is 0 Å². The number of amides is 1. The lowest BCUT2D eigenvalue weighted by molar-refractivity contribution is -0.114. The summed E-state index contributed by atoms with van der Waals surface area (Å²) in [6.07, 6.45) is 0. The molecule has 0 aliphatic rings. The normalized spacial score (nSPS) is 13.4. The first-order valence-corrected chi connectivity index (χ1v) is 7.72. The third kappa shape index (κ3) is 4.71. The smallest absolute Gasteiger partial charge is 0.221 e. The van der Waals surface area contributed by atoms with Gasteiger partial charge in [0, 0.05) is 25.2 Å². The van der Waals surface area contributed by atoms with Gasteiger partial charge >= 0.3 is 0 Å². The Morgan fingerprint density at radius 2 is 1.68 bits per heavy atom. The van der Waals surface area contributed by atoms with E-state index in [1.807, 2.05) is 24.3 Å². The van der Waals surface area contributed by atoms with Gasteiger partial charge in [0.05, 0.1) is 0 Å². The summed E-state index contributed by atoms with van der Waals surface area (Å²) in [5.41, 5.74) is 3.36. The molecule has 0 fully saturated rings. The highest BCUT2D eigenvalue weighted by Gasteiger charge is 2.09. The minimum absolute atomic E-state index is 0.0459. The summed E-state index contributed by atoms with van der Waals surface area (Å²) < 4.78 is 0. The molecule has 22 heavy (non-hydrogen) atoms. The first-order chi connectivity index (χ1) is 10.6. The molecule has 0 saturated carbocycles. The number of hydrogen-bond donors (Lipinski definition) is 2. The van der Waals surface area contributed by atoms with Gasteiger partial charge in [-0.15, -0.1) is 0 Å². The summed E-state index contributed by atoms with van der Waals surface area (Å²) >= 11 is 0. The zero-order chi connectivity index (χ0) is 15.9. The zero-order valence-electron chi connectivity index (χ0n) is 13.5. The van der Waals surface area contributed by atoms with Crippen LogP contribution in [0.2, 0.25) is 0 Å². The number of rotatable bonds is 6. The lowest BCUT2D eigenvalue weighted by Crippen LogP contribution is -2.23. The summed E-state index contributed by atoms with van der Waals surface area (Å²) in [6.45, 7) is 6.80. The molecule has 0 aliphatic carbocycles. The van der Waals surface area contributed by atoms with Crippen molar-refractivity contribution in [2.24, 2.45) is 0 Å². The van der Waals surface area contributed by atoms with Gasteiger partial charge in [-0.2, -0.15) is 0 Å². The Kier molecular flexibility index (Phi) is 5.73. The number of carbonyl (C=O) groups excluding carboxylic acids is 1. The van der Waals surface area contributed by atoms with Crippen molar-refractivity contribution in [1.82, 2.24) is 5.32 Å². The molecule has 0 heterocycles. The van der Waals surface area contributed by atoms with Gasteiger partial charge in [-0.25, -0.2) is 0 Å². The Morgan fingerprint density at radius 1 is 1.00 bits per heavy atom. The van der Waals surface area contributed by atoms with Crippen molar-refractivity contribution in [2.75, 3.05) is 11.9 Å². The molecule has 0 spiro atoms. The van der Waals surface area contributed by atoms with Gasteiger partial charge in [0.2, 0.25) is 5.91 Å². The van der Waals surface area contributed by atoms with Crippen LogP contribution >= 0.6 is 0 Å². The van der Waals surface area contributed by atoms with Crippen LogP contribution in [0.15, 0.2) is 54.6 Å². The number of carbonyl (C=O) groups is 1. The summed E-state index contributed by atoms with van der Waals surface area (Å²) in [6, 6.07) is 18.7. The van der Waals surface area contributed by atoms with Gasteiger partial charge in [-0.1, -0.05) is 49.4 Å². The zero-order valence-corrected chi connectivity index (χ0v) is 13.5. The van der Waals surface area contributed by atoms with E-state index < -0.39 is 0 Å². The second kappa shape index (κ2) is 7.76. The van der Waals surface area contributed by atoms with Crippen LogP contribution < -0.4 is 10.6 Å². The van der Waals surface area contributed by atoms with Gasteiger partial charge in [0.1, 0.15) is 0 Å². The van der Waals surface area contributed by atoms with E-state index in [9.17, 15) is 4.79 Å². The monoisotopic (exact) mass is 296 g/mol. The third-order valence-corrected chi connectivity index (χ3v) is 3.81. The molecule has 3 heteroatoms.